The molecule has 1 heterocycles. The summed E-state index contributed by atoms with van der Waals surface area (Å²) in [5, 5.41) is 9.99. The second-order valence-corrected chi connectivity index (χ2v) is 10.0. The highest BCUT2D eigenvalue weighted by Crippen LogP contribution is 2.37. The maximum absolute atomic E-state index is 15.1. The van der Waals surface area contributed by atoms with E-state index in [9.17, 15) is 27.5 Å². The van der Waals surface area contributed by atoms with Gasteiger partial charge in [-0.1, -0.05) is 49.8 Å². The number of allylic oxidation sites excluding steroid dienone is 1. The molecule has 1 fully saturated rings. The van der Waals surface area contributed by atoms with Crippen LogP contribution in [-0.4, -0.2) is 23.8 Å². The Morgan fingerprint density at radius 3 is 2.40 bits per heavy atom. The lowest BCUT2D eigenvalue weighted by molar-refractivity contribution is 0.0278. The number of benzene rings is 3. The lowest BCUT2D eigenvalue weighted by Crippen LogP contribution is -2.21. The first-order valence-corrected chi connectivity index (χ1v) is 13.1. The molecule has 0 bridgehead atoms. The van der Waals surface area contributed by atoms with Gasteiger partial charge >= 0.3 is 5.97 Å². The van der Waals surface area contributed by atoms with Crippen molar-refractivity contribution in [1.29, 1.82) is 0 Å². The van der Waals surface area contributed by atoms with Crippen molar-refractivity contribution in [3.8, 4) is 11.1 Å². The number of halogens is 5. The van der Waals surface area contributed by atoms with Crippen LogP contribution in [0.25, 0.3) is 16.7 Å². The minimum atomic E-state index is -1.38. The number of aliphatic hydroxyl groups is 1. The molecule has 3 aromatic rings. The summed E-state index contributed by atoms with van der Waals surface area (Å²) in [7, 11) is 0. The third kappa shape index (κ3) is 5.53. The first-order valence-electron chi connectivity index (χ1n) is 13.1. The van der Waals surface area contributed by atoms with Crippen LogP contribution in [0, 0.1) is 29.1 Å². The molecule has 0 spiro atoms. The molecule has 1 aliphatic heterocycles. The number of hydrogen-bond acceptors (Lipinski definition) is 4. The van der Waals surface area contributed by atoms with Crippen molar-refractivity contribution in [2.24, 2.45) is 0 Å². The highest BCUT2D eigenvalue weighted by molar-refractivity contribution is 5.90. The molecular weight excluding hydrogens is 531 g/mol. The van der Waals surface area contributed by atoms with Crippen LogP contribution in [0.4, 0.5) is 22.0 Å². The quantitative estimate of drug-likeness (QED) is 0.175. The third-order valence-corrected chi connectivity index (χ3v) is 7.31. The Morgan fingerprint density at radius 2 is 1.75 bits per heavy atom. The number of hydrogen-bond donors (Lipinski definition) is 1. The van der Waals surface area contributed by atoms with Crippen LogP contribution >= 0.6 is 0 Å². The summed E-state index contributed by atoms with van der Waals surface area (Å²) < 4.78 is 83.6. The van der Waals surface area contributed by atoms with Gasteiger partial charge in [-0.3, -0.25) is 0 Å². The molecule has 0 aromatic heterocycles. The molecule has 2 aliphatic rings. The Morgan fingerprint density at radius 1 is 1.00 bits per heavy atom. The van der Waals surface area contributed by atoms with Crippen LogP contribution < -0.4 is 0 Å². The molecule has 3 unspecified atom stereocenters. The van der Waals surface area contributed by atoms with Gasteiger partial charge in [-0.25, -0.2) is 26.7 Å². The van der Waals surface area contributed by atoms with Crippen LogP contribution in [0.15, 0.2) is 48.5 Å². The first-order chi connectivity index (χ1) is 19.2. The number of ether oxygens (including phenoxy) is 2. The van der Waals surface area contributed by atoms with Gasteiger partial charge in [0.25, 0.3) is 0 Å². The van der Waals surface area contributed by atoms with E-state index in [0.29, 0.717) is 31.4 Å². The second kappa shape index (κ2) is 11.5. The SMILES string of the molecule is CCCC(O)c1ccc(C(=O)OC2CC=C(c3ccc(-c4ccc(C5CO5)c(F)c4F)cc3F)CC2)c(F)c1F. The molecule has 1 aliphatic carbocycles. The van der Waals surface area contributed by atoms with E-state index in [-0.39, 0.29) is 40.7 Å². The molecule has 1 saturated heterocycles. The van der Waals surface area contributed by atoms with Crippen molar-refractivity contribution < 1.29 is 41.3 Å². The summed E-state index contributed by atoms with van der Waals surface area (Å²) in [5.41, 5.74) is 0.411. The fourth-order valence-electron chi connectivity index (χ4n) is 4.99. The first kappa shape index (κ1) is 28.0. The zero-order valence-electron chi connectivity index (χ0n) is 21.7. The molecule has 40 heavy (non-hydrogen) atoms. The lowest BCUT2D eigenvalue weighted by atomic mass is 9.90. The van der Waals surface area contributed by atoms with E-state index in [1.54, 1.807) is 13.0 Å². The van der Waals surface area contributed by atoms with Crippen LogP contribution in [0.1, 0.15) is 78.3 Å². The average molecular weight is 559 g/mol. The fourth-order valence-corrected chi connectivity index (χ4v) is 4.99. The van der Waals surface area contributed by atoms with Gasteiger partial charge in [0.05, 0.1) is 18.3 Å². The summed E-state index contributed by atoms with van der Waals surface area (Å²) in [6.45, 7) is 2.13. The predicted octanol–water partition coefficient (Wildman–Crippen LogP) is 7.75. The van der Waals surface area contributed by atoms with Gasteiger partial charge in [0.15, 0.2) is 23.3 Å². The van der Waals surface area contributed by atoms with E-state index in [1.165, 1.54) is 30.3 Å². The topological polar surface area (TPSA) is 59.1 Å². The summed E-state index contributed by atoms with van der Waals surface area (Å²) in [4.78, 5) is 12.5. The number of carbonyl (C=O) groups excluding carboxylic acids is 1. The van der Waals surface area contributed by atoms with Crippen molar-refractivity contribution in [3.05, 3.63) is 99.9 Å². The standard InChI is InChI=1S/C31H27F5O4/c1-2-3-25(37)21-11-13-23(30(36)28(21)34)31(38)40-18-7-4-16(5-8-18)19-9-6-17(14-24(19)32)20-10-12-22(26-15-39-26)29(35)27(20)33/h4,6,9-14,18,25-26,37H,2-3,5,7-8,15H2,1H3. The van der Waals surface area contributed by atoms with Gasteiger partial charge < -0.3 is 14.6 Å². The molecule has 0 amide bonds. The van der Waals surface area contributed by atoms with Crippen molar-refractivity contribution in [2.75, 3.05) is 6.61 Å². The van der Waals surface area contributed by atoms with Crippen molar-refractivity contribution in [3.63, 3.8) is 0 Å². The van der Waals surface area contributed by atoms with Gasteiger partial charge in [-0.15, -0.1) is 0 Å². The van der Waals surface area contributed by atoms with Gasteiger partial charge in [0.2, 0.25) is 0 Å². The number of rotatable bonds is 8. The van der Waals surface area contributed by atoms with E-state index < -0.39 is 58.9 Å². The molecule has 5 rings (SSSR count). The Hall–Kier alpha value is -3.56. The molecule has 210 valence electrons. The van der Waals surface area contributed by atoms with Gasteiger partial charge in [-0.05, 0) is 42.5 Å². The zero-order valence-corrected chi connectivity index (χ0v) is 21.7. The van der Waals surface area contributed by atoms with E-state index in [1.807, 2.05) is 0 Å². The third-order valence-electron chi connectivity index (χ3n) is 7.31. The number of epoxide rings is 1. The normalized spacial score (nSPS) is 19.2. The van der Waals surface area contributed by atoms with Crippen LogP contribution in [0.5, 0.6) is 0 Å². The monoisotopic (exact) mass is 558 g/mol. The molecular formula is C31H27F5O4. The Labute approximate surface area is 228 Å². The molecule has 1 N–H and O–H groups in total. The van der Waals surface area contributed by atoms with Crippen molar-refractivity contribution >= 4 is 11.5 Å². The smallest absolute Gasteiger partial charge is 0.341 e. The molecule has 3 atom stereocenters. The summed E-state index contributed by atoms with van der Waals surface area (Å²) >= 11 is 0. The summed E-state index contributed by atoms with van der Waals surface area (Å²) in [6, 6.07) is 9.26. The Bertz CT molecular complexity index is 1480. The lowest BCUT2D eigenvalue weighted by Gasteiger charge is -2.23. The van der Waals surface area contributed by atoms with E-state index in [2.05, 4.69) is 0 Å². The van der Waals surface area contributed by atoms with Crippen molar-refractivity contribution in [2.45, 2.75) is 57.3 Å². The predicted molar refractivity (Wildman–Crippen MR) is 138 cm³/mol. The minimum absolute atomic E-state index is 0.0616. The highest BCUT2D eigenvalue weighted by atomic mass is 19.2. The van der Waals surface area contributed by atoms with Gasteiger partial charge in [0, 0.05) is 28.7 Å². The Balaban J connectivity index is 1.26. The molecule has 9 heteroatoms. The minimum Gasteiger partial charge on any atom is -0.458 e. The van der Waals surface area contributed by atoms with E-state index >= 15 is 4.39 Å². The zero-order chi connectivity index (χ0) is 28.6. The highest BCUT2D eigenvalue weighted by Gasteiger charge is 2.31. The Kier molecular flexibility index (Phi) is 8.05. The van der Waals surface area contributed by atoms with Crippen LogP contribution in [0.3, 0.4) is 0 Å². The number of aliphatic hydroxyl groups excluding tert-OH is 1. The van der Waals surface area contributed by atoms with Crippen LogP contribution in [-0.2, 0) is 9.47 Å². The van der Waals surface area contributed by atoms with E-state index in [0.717, 1.165) is 12.1 Å². The summed E-state index contributed by atoms with van der Waals surface area (Å²) in [6.07, 6.45) is 1.15. The molecule has 0 radical (unpaired) electrons. The van der Waals surface area contributed by atoms with Gasteiger partial charge in [-0.2, -0.15) is 0 Å². The fraction of sp³-hybridized carbons (Fsp3) is 0.323. The molecule has 4 nitrogen and oxygen atoms in total. The maximum Gasteiger partial charge on any atom is 0.341 e. The maximum atomic E-state index is 15.1. The second-order valence-electron chi connectivity index (χ2n) is 10.0. The average Bonchev–Trinajstić information content (AvgIpc) is 3.78. The van der Waals surface area contributed by atoms with E-state index in [4.69, 9.17) is 9.47 Å². The number of carbonyl (C=O) groups is 1. The van der Waals surface area contributed by atoms with Gasteiger partial charge in [0.1, 0.15) is 18.0 Å². The largest absolute Gasteiger partial charge is 0.458 e. The molecule has 0 saturated carbocycles. The van der Waals surface area contributed by atoms with Crippen LogP contribution in [0.2, 0.25) is 0 Å². The summed E-state index contributed by atoms with van der Waals surface area (Å²) in [5.74, 6) is -6.37. The number of esters is 1. The molecule has 3 aromatic carbocycles. The van der Waals surface area contributed by atoms with Crippen molar-refractivity contribution in [1.82, 2.24) is 0 Å².